The van der Waals surface area contributed by atoms with E-state index in [1.165, 1.54) is 12.1 Å². The summed E-state index contributed by atoms with van der Waals surface area (Å²) in [4.78, 5) is 0. The minimum Gasteiger partial charge on any atom is -0.505 e. The molecule has 0 amide bonds. The van der Waals surface area contributed by atoms with Gasteiger partial charge in [0.1, 0.15) is 18.2 Å². The lowest BCUT2D eigenvalue weighted by Gasteiger charge is -2.11. The van der Waals surface area contributed by atoms with Gasteiger partial charge in [-0.1, -0.05) is 42.5 Å². The second-order valence-electron chi connectivity index (χ2n) is 6.07. The Kier molecular flexibility index (Phi) is 5.30. The Bertz CT molecular complexity index is 926. The molecule has 2 aromatic carbocycles. The number of halogens is 3. The number of alkyl halides is 3. The number of aromatic hydroxyl groups is 1. The monoisotopic (exact) mass is 376 g/mol. The van der Waals surface area contributed by atoms with Crippen LogP contribution >= 0.6 is 0 Å². The molecule has 1 unspecified atom stereocenters. The third-order valence-corrected chi connectivity index (χ3v) is 4.27. The highest BCUT2D eigenvalue weighted by atomic mass is 19.3. The van der Waals surface area contributed by atoms with Gasteiger partial charge in [0.05, 0.1) is 11.3 Å². The molecule has 0 bridgehead atoms. The molecule has 142 valence electrons. The van der Waals surface area contributed by atoms with Crippen LogP contribution in [0.5, 0.6) is 11.5 Å². The summed E-state index contributed by atoms with van der Waals surface area (Å²) in [7, 11) is 1.73. The van der Waals surface area contributed by atoms with Gasteiger partial charge in [0.2, 0.25) is 0 Å². The van der Waals surface area contributed by atoms with Gasteiger partial charge in [0, 0.05) is 12.6 Å². The van der Waals surface area contributed by atoms with Gasteiger partial charge in [-0.3, -0.25) is 0 Å². The van der Waals surface area contributed by atoms with E-state index in [0.717, 1.165) is 5.56 Å². The maximum Gasteiger partial charge on any atom is 0.272 e. The maximum absolute atomic E-state index is 13.1. The van der Waals surface area contributed by atoms with Crippen molar-refractivity contribution in [1.82, 2.24) is 4.57 Å². The summed E-state index contributed by atoms with van der Waals surface area (Å²) < 4.78 is 44.4. The van der Waals surface area contributed by atoms with Gasteiger partial charge >= 0.3 is 0 Å². The number of nitrogen functional groups attached to an aromatic ring is 1. The number of nitrogens with zero attached hydrogens (tertiary/aromatic N) is 1. The van der Waals surface area contributed by atoms with Crippen molar-refractivity contribution < 1.29 is 23.0 Å². The van der Waals surface area contributed by atoms with Crippen molar-refractivity contribution in [1.29, 1.82) is 0 Å². The fraction of sp³-hybridized carbons (Fsp3) is 0.200. The summed E-state index contributed by atoms with van der Waals surface area (Å²) in [5.74, 6) is 0.536. The highest BCUT2D eigenvalue weighted by Gasteiger charge is 2.22. The summed E-state index contributed by atoms with van der Waals surface area (Å²) in [6.45, 7) is -0.757. The third-order valence-electron chi connectivity index (χ3n) is 4.27. The molecule has 0 aliphatic carbocycles. The molecule has 0 radical (unpaired) electrons. The zero-order valence-electron chi connectivity index (χ0n) is 14.6. The second-order valence-corrected chi connectivity index (χ2v) is 6.07. The molecule has 0 spiro atoms. The average molecular weight is 376 g/mol. The van der Waals surface area contributed by atoms with E-state index in [1.807, 2.05) is 30.3 Å². The minimum absolute atomic E-state index is 0.00528. The third kappa shape index (κ3) is 3.72. The minimum atomic E-state index is -3.10. The van der Waals surface area contributed by atoms with Gasteiger partial charge in [-0.05, 0) is 17.7 Å². The van der Waals surface area contributed by atoms with Crippen molar-refractivity contribution in [2.24, 2.45) is 7.05 Å². The molecule has 4 nitrogen and oxygen atoms in total. The smallest absolute Gasteiger partial charge is 0.272 e. The fourth-order valence-corrected chi connectivity index (χ4v) is 2.89. The van der Waals surface area contributed by atoms with Crippen molar-refractivity contribution in [3.8, 4) is 33.9 Å². The van der Waals surface area contributed by atoms with Gasteiger partial charge in [0.25, 0.3) is 6.43 Å². The first kappa shape index (κ1) is 18.7. The Labute approximate surface area is 154 Å². The summed E-state index contributed by atoms with van der Waals surface area (Å²) >= 11 is 0. The molecule has 3 N–H and O–H groups in total. The zero-order valence-corrected chi connectivity index (χ0v) is 14.6. The number of ether oxygens (including phenoxy) is 1. The van der Waals surface area contributed by atoms with Crippen LogP contribution in [0.25, 0.3) is 22.4 Å². The highest BCUT2D eigenvalue weighted by molar-refractivity contribution is 5.89. The summed E-state index contributed by atoms with van der Waals surface area (Å²) in [5.41, 5.74) is 8.46. The number of aromatic nitrogens is 1. The van der Waals surface area contributed by atoms with E-state index in [-0.39, 0.29) is 11.5 Å². The Morgan fingerprint density at radius 2 is 1.70 bits per heavy atom. The second kappa shape index (κ2) is 7.65. The molecular formula is C20H19F3N2O2. The number of hydrogen-bond donors (Lipinski definition) is 2. The molecule has 0 aliphatic heterocycles. The molecule has 3 aromatic rings. The Balaban J connectivity index is 1.97. The van der Waals surface area contributed by atoms with E-state index in [2.05, 4.69) is 0 Å². The lowest BCUT2D eigenvalue weighted by molar-refractivity contribution is 0.0231. The van der Waals surface area contributed by atoms with Crippen LogP contribution in [0.3, 0.4) is 0 Å². The average Bonchev–Trinajstić information content (AvgIpc) is 2.89. The Morgan fingerprint density at radius 1 is 1.04 bits per heavy atom. The molecule has 1 atom stereocenters. The van der Waals surface area contributed by atoms with Crippen LogP contribution in [0, 0.1) is 0 Å². The topological polar surface area (TPSA) is 60.4 Å². The van der Waals surface area contributed by atoms with E-state index >= 15 is 0 Å². The molecule has 1 heterocycles. The Hall–Kier alpha value is -3.09. The van der Waals surface area contributed by atoms with Gasteiger partial charge < -0.3 is 20.1 Å². The standard InChI is InChI=1S/C20H19F3N2O2/c1-25-17(12-6-3-2-4-7-12)18(26)16(20(25)24)13-8-5-9-14(10-13)27-11-15(21)19(22)23/h2-10,15,19,26H,11,24H2,1H3. The van der Waals surface area contributed by atoms with Crippen molar-refractivity contribution in [3.05, 3.63) is 54.6 Å². The molecule has 27 heavy (non-hydrogen) atoms. The quantitative estimate of drug-likeness (QED) is 0.659. The normalized spacial score (nSPS) is 12.3. The highest BCUT2D eigenvalue weighted by Crippen LogP contribution is 2.44. The van der Waals surface area contributed by atoms with Crippen LogP contribution < -0.4 is 10.5 Å². The predicted octanol–water partition coefficient (Wildman–Crippen LogP) is 4.63. The van der Waals surface area contributed by atoms with Crippen LogP contribution in [0.2, 0.25) is 0 Å². The fourth-order valence-electron chi connectivity index (χ4n) is 2.89. The van der Waals surface area contributed by atoms with Gasteiger partial charge in [0.15, 0.2) is 11.9 Å². The predicted molar refractivity (Wildman–Crippen MR) is 98.8 cm³/mol. The van der Waals surface area contributed by atoms with Crippen LogP contribution in [0.15, 0.2) is 54.6 Å². The van der Waals surface area contributed by atoms with Crippen LogP contribution in [0.4, 0.5) is 19.0 Å². The first-order chi connectivity index (χ1) is 12.9. The first-order valence-electron chi connectivity index (χ1n) is 8.28. The van der Waals surface area contributed by atoms with Crippen LogP contribution in [-0.4, -0.2) is 28.9 Å². The number of anilines is 1. The summed E-state index contributed by atoms with van der Waals surface area (Å²) in [6, 6.07) is 15.6. The van der Waals surface area contributed by atoms with E-state index in [9.17, 15) is 18.3 Å². The molecule has 0 fully saturated rings. The maximum atomic E-state index is 13.1. The van der Waals surface area contributed by atoms with Crippen LogP contribution in [0.1, 0.15) is 0 Å². The van der Waals surface area contributed by atoms with E-state index in [0.29, 0.717) is 22.6 Å². The lowest BCUT2D eigenvalue weighted by atomic mass is 10.0. The van der Waals surface area contributed by atoms with Crippen molar-refractivity contribution >= 4 is 5.82 Å². The number of hydrogen-bond acceptors (Lipinski definition) is 3. The van der Waals surface area contributed by atoms with Crippen molar-refractivity contribution in [2.45, 2.75) is 12.6 Å². The molecule has 0 aliphatic rings. The first-order valence-corrected chi connectivity index (χ1v) is 8.28. The number of benzene rings is 2. The SMILES string of the molecule is Cn1c(N)c(-c2cccc(OCC(F)C(F)F)c2)c(O)c1-c1ccccc1. The lowest BCUT2D eigenvalue weighted by Crippen LogP contribution is -2.20. The van der Waals surface area contributed by atoms with E-state index in [4.69, 9.17) is 10.5 Å². The summed E-state index contributed by atoms with van der Waals surface area (Å²) in [6.07, 6.45) is -5.47. The number of nitrogens with two attached hydrogens (primary N) is 1. The largest absolute Gasteiger partial charge is 0.505 e. The van der Waals surface area contributed by atoms with E-state index < -0.39 is 19.2 Å². The van der Waals surface area contributed by atoms with Gasteiger partial charge in [-0.25, -0.2) is 13.2 Å². The molecule has 1 aromatic heterocycles. The van der Waals surface area contributed by atoms with Gasteiger partial charge in [-0.15, -0.1) is 0 Å². The van der Waals surface area contributed by atoms with E-state index in [1.54, 1.807) is 23.7 Å². The molecule has 7 heteroatoms. The molecule has 3 rings (SSSR count). The van der Waals surface area contributed by atoms with Gasteiger partial charge in [-0.2, -0.15) is 0 Å². The van der Waals surface area contributed by atoms with Crippen molar-refractivity contribution in [3.63, 3.8) is 0 Å². The summed E-state index contributed by atoms with van der Waals surface area (Å²) in [5, 5.41) is 10.8. The Morgan fingerprint density at radius 3 is 2.37 bits per heavy atom. The zero-order chi connectivity index (χ0) is 19.6. The number of rotatable bonds is 6. The van der Waals surface area contributed by atoms with Crippen LogP contribution in [-0.2, 0) is 7.05 Å². The molecular weight excluding hydrogens is 357 g/mol. The molecule has 0 saturated heterocycles. The molecule has 0 saturated carbocycles. The van der Waals surface area contributed by atoms with Crippen molar-refractivity contribution in [2.75, 3.05) is 12.3 Å².